The largest absolute Gasteiger partial charge is 0.370 e. The Hall–Kier alpha value is -1.60. The van der Waals surface area contributed by atoms with Gasteiger partial charge < -0.3 is 11.1 Å². The molecular formula is C16H28N4O2S. The molecule has 1 rings (SSSR count). The van der Waals surface area contributed by atoms with Crippen molar-refractivity contribution in [1.82, 2.24) is 10.0 Å². The minimum Gasteiger partial charge on any atom is -0.370 e. The maximum Gasteiger partial charge on any atom is 0.241 e. The molecule has 0 aliphatic carbocycles. The minimum absolute atomic E-state index is 0.191. The molecule has 0 aliphatic heterocycles. The number of rotatable bonds is 4. The molecule has 0 atom stereocenters. The number of nitrogens with two attached hydrogens (primary N) is 1. The Morgan fingerprint density at radius 3 is 2.17 bits per heavy atom. The van der Waals surface area contributed by atoms with Crippen molar-refractivity contribution < 1.29 is 8.42 Å². The molecule has 0 unspecified atom stereocenters. The van der Waals surface area contributed by atoms with E-state index < -0.39 is 15.6 Å². The highest BCUT2D eigenvalue weighted by Gasteiger charge is 2.24. The van der Waals surface area contributed by atoms with E-state index in [0.29, 0.717) is 5.56 Å². The number of sulfonamides is 1. The monoisotopic (exact) mass is 340 g/mol. The summed E-state index contributed by atoms with van der Waals surface area (Å²) in [5.41, 5.74) is 5.69. The predicted molar refractivity (Wildman–Crippen MR) is 94.7 cm³/mol. The summed E-state index contributed by atoms with van der Waals surface area (Å²) >= 11 is 0. The van der Waals surface area contributed by atoms with Crippen LogP contribution in [0.25, 0.3) is 0 Å². The van der Waals surface area contributed by atoms with Crippen LogP contribution >= 0.6 is 0 Å². The van der Waals surface area contributed by atoms with Gasteiger partial charge in [-0.25, -0.2) is 18.1 Å². The van der Waals surface area contributed by atoms with Crippen LogP contribution in [-0.2, 0) is 16.6 Å². The molecule has 0 aliphatic rings. The van der Waals surface area contributed by atoms with Gasteiger partial charge in [0.15, 0.2) is 5.96 Å². The van der Waals surface area contributed by atoms with Gasteiger partial charge >= 0.3 is 0 Å². The van der Waals surface area contributed by atoms with Gasteiger partial charge in [0.25, 0.3) is 0 Å². The van der Waals surface area contributed by atoms with Crippen LogP contribution in [0.5, 0.6) is 0 Å². The number of hydrogen-bond acceptors (Lipinski definition) is 3. The van der Waals surface area contributed by atoms with Gasteiger partial charge in [-0.15, -0.1) is 0 Å². The molecule has 0 saturated carbocycles. The minimum atomic E-state index is -3.61. The predicted octanol–water partition coefficient (Wildman–Crippen LogP) is 1.97. The highest BCUT2D eigenvalue weighted by Crippen LogP contribution is 2.18. The lowest BCUT2D eigenvalue weighted by atomic mass is 10.1. The lowest BCUT2D eigenvalue weighted by Crippen LogP contribution is -2.45. The van der Waals surface area contributed by atoms with Crippen molar-refractivity contribution in [1.29, 1.82) is 0 Å². The molecule has 0 heterocycles. The summed E-state index contributed by atoms with van der Waals surface area (Å²) in [6.07, 6.45) is 0. The van der Waals surface area contributed by atoms with Gasteiger partial charge in [-0.2, -0.15) is 0 Å². The van der Waals surface area contributed by atoms with Crippen molar-refractivity contribution in [2.45, 2.75) is 64.1 Å². The van der Waals surface area contributed by atoms with E-state index in [0.717, 1.165) is 0 Å². The first-order chi connectivity index (χ1) is 10.3. The van der Waals surface area contributed by atoms with Gasteiger partial charge in [0.05, 0.1) is 11.4 Å². The molecule has 0 saturated heterocycles. The van der Waals surface area contributed by atoms with E-state index in [1.54, 1.807) is 45.0 Å². The summed E-state index contributed by atoms with van der Waals surface area (Å²) in [5.74, 6) is 0.286. The fourth-order valence-corrected chi connectivity index (χ4v) is 3.60. The molecule has 0 bridgehead atoms. The Bertz CT molecular complexity index is 668. The van der Waals surface area contributed by atoms with Crippen LogP contribution in [-0.4, -0.2) is 25.5 Å². The Balaban J connectivity index is 3.06. The standard InChI is InChI=1S/C16H28N4O2S/c1-15(2,3)19-14(17)18-11-12-9-7-8-10-13(12)23(21,22)20-16(4,5)6/h7-10,20H,11H2,1-6H3,(H3,17,18,19). The smallest absolute Gasteiger partial charge is 0.241 e. The molecule has 130 valence electrons. The average molecular weight is 340 g/mol. The highest BCUT2D eigenvalue weighted by molar-refractivity contribution is 7.89. The average Bonchev–Trinajstić information content (AvgIpc) is 2.31. The lowest BCUT2D eigenvalue weighted by molar-refractivity contribution is 0.490. The van der Waals surface area contributed by atoms with Crippen LogP contribution < -0.4 is 15.8 Å². The molecule has 1 aromatic carbocycles. The first kappa shape index (κ1) is 19.4. The number of guanidine groups is 1. The third kappa shape index (κ3) is 7.00. The molecule has 0 aromatic heterocycles. The Morgan fingerprint density at radius 1 is 1.09 bits per heavy atom. The highest BCUT2D eigenvalue weighted by atomic mass is 32.2. The van der Waals surface area contributed by atoms with Gasteiger partial charge in [-0.05, 0) is 53.2 Å². The fourth-order valence-electron chi connectivity index (χ4n) is 1.95. The van der Waals surface area contributed by atoms with Crippen molar-refractivity contribution in [3.8, 4) is 0 Å². The molecule has 7 heteroatoms. The zero-order valence-electron chi connectivity index (χ0n) is 14.8. The van der Waals surface area contributed by atoms with E-state index in [1.165, 1.54) is 0 Å². The second kappa shape index (κ2) is 6.88. The van der Waals surface area contributed by atoms with E-state index >= 15 is 0 Å². The third-order valence-electron chi connectivity index (χ3n) is 2.63. The normalized spacial score (nSPS) is 13.9. The summed E-state index contributed by atoms with van der Waals surface area (Å²) < 4.78 is 27.7. The number of benzene rings is 1. The summed E-state index contributed by atoms with van der Waals surface area (Å²) in [4.78, 5) is 4.47. The zero-order valence-corrected chi connectivity index (χ0v) is 15.6. The SMILES string of the molecule is CC(C)(C)NC(N)=NCc1ccccc1S(=O)(=O)NC(C)(C)C. The first-order valence-electron chi connectivity index (χ1n) is 7.50. The Morgan fingerprint density at radius 2 is 1.65 bits per heavy atom. The lowest BCUT2D eigenvalue weighted by Gasteiger charge is -2.22. The molecule has 0 fully saturated rings. The topological polar surface area (TPSA) is 96.6 Å². The number of hydrogen-bond donors (Lipinski definition) is 3. The van der Waals surface area contributed by atoms with E-state index in [9.17, 15) is 8.42 Å². The number of nitrogens with one attached hydrogen (secondary N) is 2. The van der Waals surface area contributed by atoms with Gasteiger partial charge in [-0.3, -0.25) is 0 Å². The van der Waals surface area contributed by atoms with Crippen molar-refractivity contribution in [3.05, 3.63) is 29.8 Å². The van der Waals surface area contributed by atoms with Crippen LogP contribution in [0.4, 0.5) is 0 Å². The van der Waals surface area contributed by atoms with E-state index in [1.807, 2.05) is 20.8 Å². The Kier molecular flexibility index (Phi) is 5.82. The molecule has 0 radical (unpaired) electrons. The summed E-state index contributed by atoms with van der Waals surface area (Å²) in [5, 5.41) is 3.05. The quantitative estimate of drug-likeness (QED) is 0.576. The van der Waals surface area contributed by atoms with E-state index in [4.69, 9.17) is 5.73 Å². The van der Waals surface area contributed by atoms with Crippen molar-refractivity contribution in [3.63, 3.8) is 0 Å². The number of aliphatic imine (C=N–C) groups is 1. The van der Waals surface area contributed by atoms with E-state index in [-0.39, 0.29) is 22.9 Å². The molecular weight excluding hydrogens is 312 g/mol. The summed E-state index contributed by atoms with van der Waals surface area (Å²) in [6, 6.07) is 6.80. The van der Waals surface area contributed by atoms with Crippen LogP contribution in [0, 0.1) is 0 Å². The van der Waals surface area contributed by atoms with Crippen LogP contribution in [0.15, 0.2) is 34.2 Å². The van der Waals surface area contributed by atoms with Gasteiger partial charge in [-0.1, -0.05) is 18.2 Å². The van der Waals surface area contributed by atoms with E-state index in [2.05, 4.69) is 15.0 Å². The Labute approximate surface area is 139 Å². The van der Waals surface area contributed by atoms with Gasteiger partial charge in [0.2, 0.25) is 10.0 Å². The molecule has 1 aromatic rings. The second-order valence-electron chi connectivity index (χ2n) is 7.54. The molecule has 0 amide bonds. The molecule has 6 nitrogen and oxygen atoms in total. The van der Waals surface area contributed by atoms with Crippen molar-refractivity contribution >= 4 is 16.0 Å². The summed E-state index contributed by atoms with van der Waals surface area (Å²) in [6.45, 7) is 11.5. The molecule has 23 heavy (non-hydrogen) atoms. The van der Waals surface area contributed by atoms with Crippen molar-refractivity contribution in [2.24, 2.45) is 10.7 Å². The first-order valence-corrected chi connectivity index (χ1v) is 8.98. The maximum absolute atomic E-state index is 12.5. The molecule has 4 N–H and O–H groups in total. The fraction of sp³-hybridized carbons (Fsp3) is 0.562. The molecule has 0 spiro atoms. The van der Waals surface area contributed by atoms with Gasteiger partial charge in [0.1, 0.15) is 0 Å². The van der Waals surface area contributed by atoms with Crippen molar-refractivity contribution in [2.75, 3.05) is 0 Å². The third-order valence-corrected chi connectivity index (χ3v) is 4.48. The summed E-state index contributed by atoms with van der Waals surface area (Å²) in [7, 11) is -3.61. The van der Waals surface area contributed by atoms with Crippen LogP contribution in [0.3, 0.4) is 0 Å². The van der Waals surface area contributed by atoms with Crippen LogP contribution in [0.2, 0.25) is 0 Å². The number of nitrogens with zero attached hydrogens (tertiary/aromatic N) is 1. The zero-order chi connectivity index (χ0) is 17.9. The second-order valence-corrected chi connectivity index (χ2v) is 9.19. The maximum atomic E-state index is 12.5. The van der Waals surface area contributed by atoms with Gasteiger partial charge in [0, 0.05) is 11.1 Å². The van der Waals surface area contributed by atoms with Crippen LogP contribution in [0.1, 0.15) is 47.1 Å².